The van der Waals surface area contributed by atoms with Gasteiger partial charge in [-0.2, -0.15) is 17.5 Å². The number of aromatic nitrogens is 1. The summed E-state index contributed by atoms with van der Waals surface area (Å²) in [4.78, 5) is 18.1. The predicted octanol–water partition coefficient (Wildman–Crippen LogP) is 2.95. The summed E-state index contributed by atoms with van der Waals surface area (Å²) in [5.41, 5.74) is -2.03. The molecular weight excluding hydrogens is 419 g/mol. The number of hydrogen-bond acceptors (Lipinski definition) is 5. The largest absolute Gasteiger partial charge is 0.419 e. The predicted molar refractivity (Wildman–Crippen MR) is 105 cm³/mol. The lowest BCUT2D eigenvalue weighted by Crippen LogP contribution is -2.53. The zero-order valence-corrected chi connectivity index (χ0v) is 17.9. The second-order valence-electron chi connectivity index (χ2n) is 9.18. The van der Waals surface area contributed by atoms with Crippen LogP contribution in [0.4, 0.5) is 19.0 Å². The van der Waals surface area contributed by atoms with Crippen molar-refractivity contribution in [3.63, 3.8) is 0 Å². The van der Waals surface area contributed by atoms with E-state index in [0.717, 1.165) is 12.5 Å². The van der Waals surface area contributed by atoms with Gasteiger partial charge in [0.25, 0.3) is 0 Å². The number of pyridine rings is 1. The van der Waals surface area contributed by atoms with Gasteiger partial charge in [-0.3, -0.25) is 4.79 Å². The van der Waals surface area contributed by atoms with E-state index >= 15 is 0 Å². The molecule has 0 radical (unpaired) electrons. The summed E-state index contributed by atoms with van der Waals surface area (Å²) < 4.78 is 67.6. The van der Waals surface area contributed by atoms with Crippen LogP contribution in [0.1, 0.15) is 38.7 Å². The second-order valence-corrected chi connectivity index (χ2v) is 11.2. The molecular formula is C20H26F3N3O3S. The van der Waals surface area contributed by atoms with E-state index in [1.54, 1.807) is 0 Å². The molecule has 3 aliphatic rings. The third-order valence-corrected chi connectivity index (χ3v) is 9.60. The Labute approximate surface area is 174 Å². The van der Waals surface area contributed by atoms with Crippen LogP contribution in [0.2, 0.25) is 0 Å². The van der Waals surface area contributed by atoms with Gasteiger partial charge in [0.05, 0.1) is 11.3 Å². The van der Waals surface area contributed by atoms with Crippen molar-refractivity contribution in [1.29, 1.82) is 0 Å². The van der Waals surface area contributed by atoms with Gasteiger partial charge in [-0.15, -0.1) is 0 Å². The number of Topliss-reactive ketones (excluding diaryl/α,β-unsaturated/α-hetero) is 1. The molecule has 0 amide bonds. The molecule has 1 aromatic heterocycles. The summed E-state index contributed by atoms with van der Waals surface area (Å²) >= 11 is 0. The van der Waals surface area contributed by atoms with Crippen LogP contribution in [0.5, 0.6) is 0 Å². The molecule has 10 heteroatoms. The zero-order chi connectivity index (χ0) is 21.9. The molecule has 30 heavy (non-hydrogen) atoms. The highest BCUT2D eigenvalue weighted by atomic mass is 32.2. The number of carbonyl (C=O) groups is 1. The Balaban J connectivity index is 1.49. The number of halogens is 3. The lowest BCUT2D eigenvalue weighted by molar-refractivity contribution is -0.137. The summed E-state index contributed by atoms with van der Waals surface area (Å²) in [5, 5.41) is 0. The molecule has 2 atom stereocenters. The molecule has 0 unspecified atom stereocenters. The summed E-state index contributed by atoms with van der Waals surface area (Å²) in [6.45, 7) is 4.36. The Morgan fingerprint density at radius 1 is 1.20 bits per heavy atom. The normalized spacial score (nSPS) is 29.6. The lowest BCUT2D eigenvalue weighted by Gasteiger charge is -2.40. The molecule has 2 aliphatic carbocycles. The van der Waals surface area contributed by atoms with Crippen LogP contribution in [0.25, 0.3) is 0 Å². The van der Waals surface area contributed by atoms with Gasteiger partial charge in [0.1, 0.15) is 11.6 Å². The first-order valence-corrected chi connectivity index (χ1v) is 11.8. The second kappa shape index (κ2) is 6.91. The number of piperazine rings is 1. The van der Waals surface area contributed by atoms with Crippen molar-refractivity contribution in [1.82, 2.24) is 9.29 Å². The average molecular weight is 446 g/mol. The van der Waals surface area contributed by atoms with Crippen molar-refractivity contribution >= 4 is 21.6 Å². The van der Waals surface area contributed by atoms with E-state index in [4.69, 9.17) is 0 Å². The van der Waals surface area contributed by atoms with E-state index in [0.29, 0.717) is 12.8 Å². The lowest BCUT2D eigenvalue weighted by atomic mass is 9.70. The molecule has 0 N–H and O–H groups in total. The average Bonchev–Trinajstić information content (AvgIpc) is 3.01. The summed E-state index contributed by atoms with van der Waals surface area (Å²) in [6.07, 6.45) is -1.33. The molecule has 3 fully saturated rings. The van der Waals surface area contributed by atoms with Crippen LogP contribution in [0, 0.1) is 16.7 Å². The summed E-state index contributed by atoms with van der Waals surface area (Å²) in [7, 11) is -3.72. The Morgan fingerprint density at radius 2 is 1.87 bits per heavy atom. The molecule has 2 bridgehead atoms. The molecule has 1 saturated heterocycles. The van der Waals surface area contributed by atoms with Gasteiger partial charge >= 0.3 is 6.18 Å². The standard InChI is InChI=1S/C20H26F3N3O3S/c1-18(2)14-5-6-19(18,16(27)12-14)13-30(28,29)26-10-8-25(9-11-26)17-15(20(21,22)23)4-3-7-24-17/h3-4,7,14H,5-6,8-13H2,1-2H3/t14-,19-/m1/s1. The zero-order valence-electron chi connectivity index (χ0n) is 17.1. The minimum Gasteiger partial charge on any atom is -0.353 e. The number of carbonyl (C=O) groups excluding carboxylic acids is 1. The van der Waals surface area contributed by atoms with Gasteiger partial charge in [-0.25, -0.2) is 13.4 Å². The van der Waals surface area contributed by atoms with Crippen LogP contribution in [0.3, 0.4) is 0 Å². The first-order chi connectivity index (χ1) is 13.9. The quantitative estimate of drug-likeness (QED) is 0.713. The van der Waals surface area contributed by atoms with Gasteiger partial charge in [-0.05, 0) is 36.3 Å². The van der Waals surface area contributed by atoms with E-state index in [1.165, 1.54) is 21.5 Å². The number of sulfonamides is 1. The van der Waals surface area contributed by atoms with Gasteiger partial charge in [0, 0.05) is 44.2 Å². The van der Waals surface area contributed by atoms with Crippen molar-refractivity contribution in [2.24, 2.45) is 16.7 Å². The number of hydrogen-bond donors (Lipinski definition) is 0. The summed E-state index contributed by atoms with van der Waals surface area (Å²) in [5.74, 6) is -0.123. The van der Waals surface area contributed by atoms with E-state index in [1.807, 2.05) is 13.8 Å². The smallest absolute Gasteiger partial charge is 0.353 e. The maximum Gasteiger partial charge on any atom is 0.419 e. The monoisotopic (exact) mass is 445 g/mol. The van der Waals surface area contributed by atoms with Crippen molar-refractivity contribution in [2.45, 2.75) is 39.3 Å². The van der Waals surface area contributed by atoms with Crippen LogP contribution >= 0.6 is 0 Å². The highest BCUT2D eigenvalue weighted by Crippen LogP contribution is 2.64. The topological polar surface area (TPSA) is 70.6 Å². The van der Waals surface area contributed by atoms with Gasteiger partial charge in [-0.1, -0.05) is 13.8 Å². The first kappa shape index (κ1) is 21.5. The number of rotatable bonds is 4. The molecule has 0 aromatic carbocycles. The molecule has 6 nitrogen and oxygen atoms in total. The van der Waals surface area contributed by atoms with Crippen molar-refractivity contribution < 1.29 is 26.4 Å². The van der Waals surface area contributed by atoms with Crippen LogP contribution in [0.15, 0.2) is 18.3 Å². The third kappa shape index (κ3) is 3.23. The number of alkyl halides is 3. The molecule has 166 valence electrons. The minimum absolute atomic E-state index is 0.0364. The fourth-order valence-electron chi connectivity index (χ4n) is 5.56. The number of fused-ring (bicyclic) bond motifs is 2. The van der Waals surface area contributed by atoms with Crippen LogP contribution in [-0.2, 0) is 21.0 Å². The fourth-order valence-corrected chi connectivity index (χ4v) is 7.76. The van der Waals surface area contributed by atoms with E-state index in [-0.39, 0.29) is 54.9 Å². The molecule has 2 saturated carbocycles. The minimum atomic E-state index is -4.53. The molecule has 1 aromatic rings. The Hall–Kier alpha value is -1.68. The Bertz CT molecular complexity index is 956. The SMILES string of the molecule is CC1(C)[C@@H]2CC[C@@]1(CS(=O)(=O)N1CCN(c3ncccc3C(F)(F)F)CC1)C(=O)C2. The van der Waals surface area contributed by atoms with Crippen molar-refractivity contribution in [3.8, 4) is 0 Å². The van der Waals surface area contributed by atoms with Crippen LogP contribution in [-0.4, -0.2) is 55.4 Å². The van der Waals surface area contributed by atoms with Crippen molar-refractivity contribution in [2.75, 3.05) is 36.8 Å². The molecule has 1 aliphatic heterocycles. The molecule has 2 heterocycles. The Morgan fingerprint density at radius 3 is 2.40 bits per heavy atom. The fraction of sp³-hybridized carbons (Fsp3) is 0.700. The number of ketones is 1. The first-order valence-electron chi connectivity index (χ1n) is 10.2. The van der Waals surface area contributed by atoms with E-state index in [9.17, 15) is 26.4 Å². The number of anilines is 1. The maximum atomic E-state index is 13.3. The molecule has 0 spiro atoms. The van der Waals surface area contributed by atoms with Gasteiger partial charge < -0.3 is 4.90 Å². The highest BCUT2D eigenvalue weighted by Gasteiger charge is 2.65. The van der Waals surface area contributed by atoms with Gasteiger partial charge in [0.15, 0.2) is 0 Å². The van der Waals surface area contributed by atoms with Gasteiger partial charge in [0.2, 0.25) is 10.0 Å². The van der Waals surface area contributed by atoms with Crippen molar-refractivity contribution in [3.05, 3.63) is 23.9 Å². The van der Waals surface area contributed by atoms with Crippen LogP contribution < -0.4 is 4.90 Å². The Kier molecular flexibility index (Phi) is 4.97. The molecule has 4 rings (SSSR count). The summed E-state index contributed by atoms with van der Waals surface area (Å²) in [6, 6.07) is 2.22. The third-order valence-electron chi connectivity index (χ3n) is 7.59. The van der Waals surface area contributed by atoms with E-state index < -0.39 is 27.2 Å². The van der Waals surface area contributed by atoms with E-state index in [2.05, 4.69) is 4.98 Å². The highest BCUT2D eigenvalue weighted by molar-refractivity contribution is 7.89. The maximum absolute atomic E-state index is 13.3. The number of nitrogens with zero attached hydrogens (tertiary/aromatic N) is 3.